The lowest BCUT2D eigenvalue weighted by Gasteiger charge is -2.28. The predicted octanol–water partition coefficient (Wildman–Crippen LogP) is 3.20. The highest BCUT2D eigenvalue weighted by Crippen LogP contribution is 2.28. The number of hydrogen-bond donors (Lipinski definition) is 0. The van der Waals surface area contributed by atoms with Crippen LogP contribution in [-0.4, -0.2) is 24.2 Å². The Hall–Kier alpha value is -1.10. The average Bonchev–Trinajstić information content (AvgIpc) is 2.23. The van der Waals surface area contributed by atoms with E-state index in [0.29, 0.717) is 0 Å². The number of carbonyl (C=O) groups excluding carboxylic acids is 2. The lowest BCUT2D eigenvalue weighted by molar-refractivity contribution is -0.317. The van der Waals surface area contributed by atoms with Crippen LogP contribution in [0.2, 0.25) is 0 Å². The van der Waals surface area contributed by atoms with E-state index < -0.39 is 11.9 Å². The zero-order valence-electron chi connectivity index (χ0n) is 14.2. The maximum absolute atomic E-state index is 11.9. The van der Waals surface area contributed by atoms with Crippen LogP contribution in [0.5, 0.6) is 0 Å². The minimum atomic E-state index is -0.420. The highest BCUT2D eigenvalue weighted by Gasteiger charge is 2.32. The van der Waals surface area contributed by atoms with Crippen LogP contribution in [0.3, 0.4) is 0 Å². The van der Waals surface area contributed by atoms with Crippen LogP contribution in [-0.2, 0) is 19.3 Å². The van der Waals surface area contributed by atoms with Gasteiger partial charge in [0, 0.05) is 5.23 Å². The second-order valence-corrected chi connectivity index (χ2v) is 7.44. The molecule has 0 aliphatic rings. The molecule has 2 atom stereocenters. The number of hydrogen-bond acceptors (Lipinski definition) is 5. The van der Waals surface area contributed by atoms with Crippen molar-refractivity contribution < 1.29 is 19.3 Å². The van der Waals surface area contributed by atoms with Gasteiger partial charge in [0.05, 0.1) is 18.9 Å². The third kappa shape index (κ3) is 5.90. The van der Waals surface area contributed by atoms with Crippen molar-refractivity contribution in [2.45, 2.75) is 55.4 Å². The van der Waals surface area contributed by atoms with Crippen molar-refractivity contribution >= 4 is 11.9 Å². The molecule has 0 fully saturated rings. The van der Waals surface area contributed by atoms with Crippen molar-refractivity contribution in [1.82, 2.24) is 5.23 Å². The molecule has 0 saturated carbocycles. The Morgan fingerprint density at radius 1 is 0.800 bits per heavy atom. The van der Waals surface area contributed by atoms with Gasteiger partial charge < -0.3 is 9.68 Å². The van der Waals surface area contributed by atoms with Gasteiger partial charge in [0.2, 0.25) is 0 Å². The molecule has 0 bridgehead atoms. The van der Waals surface area contributed by atoms with Gasteiger partial charge in [0.25, 0.3) is 0 Å². The van der Waals surface area contributed by atoms with Crippen LogP contribution in [0.25, 0.3) is 0 Å². The van der Waals surface area contributed by atoms with Crippen molar-refractivity contribution in [3.63, 3.8) is 0 Å². The zero-order valence-corrected chi connectivity index (χ0v) is 14.2. The first-order chi connectivity index (χ1) is 8.76. The first kappa shape index (κ1) is 18.9. The van der Waals surface area contributed by atoms with Gasteiger partial charge in [-0.3, -0.25) is 0 Å². The van der Waals surface area contributed by atoms with Crippen LogP contribution >= 0.6 is 0 Å². The molecule has 0 aromatic heterocycles. The van der Waals surface area contributed by atoms with Crippen LogP contribution in [0.15, 0.2) is 0 Å². The number of rotatable bonds is 4. The fraction of sp³-hybridized carbons (Fsp3) is 0.867. The van der Waals surface area contributed by atoms with E-state index in [1.165, 1.54) is 7.05 Å². The van der Waals surface area contributed by atoms with Crippen LogP contribution < -0.4 is 0 Å². The van der Waals surface area contributed by atoms with E-state index in [1.54, 1.807) is 13.8 Å². The van der Waals surface area contributed by atoms with E-state index in [0.717, 1.165) is 5.23 Å². The Bertz CT molecular complexity index is 318. The quantitative estimate of drug-likeness (QED) is 0.743. The molecule has 0 rings (SSSR count). The Balaban J connectivity index is 4.48. The summed E-state index contributed by atoms with van der Waals surface area (Å²) in [7, 11) is 1.40. The highest BCUT2D eigenvalue weighted by molar-refractivity contribution is 5.74. The normalized spacial score (nSPS) is 15.7. The van der Waals surface area contributed by atoms with Gasteiger partial charge in [-0.2, -0.15) is 0 Å². The summed E-state index contributed by atoms with van der Waals surface area (Å²) in [6.45, 7) is 15.3. The number of carbonyl (C=O) groups is 2. The molecule has 0 unspecified atom stereocenters. The second kappa shape index (κ2) is 6.57. The third-order valence-electron chi connectivity index (χ3n) is 3.74. The van der Waals surface area contributed by atoms with E-state index in [9.17, 15) is 9.59 Å². The standard InChI is InChI=1S/C15H29NO4/c1-10(14(3,4)5)12(17)19-16(9)20-13(18)11(2)15(6,7)8/h10-11H,1-9H3/t10-,11+. The first-order valence-electron chi connectivity index (χ1n) is 6.94. The molecule has 5 nitrogen and oxygen atoms in total. The van der Waals surface area contributed by atoms with Crippen molar-refractivity contribution in [2.75, 3.05) is 7.05 Å². The Morgan fingerprint density at radius 3 is 1.25 bits per heavy atom. The van der Waals surface area contributed by atoms with Gasteiger partial charge >= 0.3 is 11.9 Å². The van der Waals surface area contributed by atoms with Crippen LogP contribution in [0.4, 0.5) is 0 Å². The third-order valence-corrected chi connectivity index (χ3v) is 3.74. The van der Waals surface area contributed by atoms with Gasteiger partial charge in [-0.15, -0.1) is 0 Å². The summed E-state index contributed by atoms with van der Waals surface area (Å²) in [6, 6.07) is 0. The van der Waals surface area contributed by atoms with E-state index in [1.807, 2.05) is 41.5 Å². The molecular formula is C15H29NO4. The summed E-state index contributed by atoms with van der Waals surface area (Å²) in [5, 5.41) is 0.842. The summed E-state index contributed by atoms with van der Waals surface area (Å²) in [4.78, 5) is 33.8. The van der Waals surface area contributed by atoms with Gasteiger partial charge in [-0.1, -0.05) is 55.4 Å². The Kier molecular flexibility index (Phi) is 6.21. The summed E-state index contributed by atoms with van der Waals surface area (Å²) in [5.74, 6) is -1.44. The lowest BCUT2D eigenvalue weighted by Crippen LogP contribution is -2.36. The van der Waals surface area contributed by atoms with Crippen molar-refractivity contribution in [1.29, 1.82) is 0 Å². The zero-order chi connectivity index (χ0) is 16.3. The molecule has 118 valence electrons. The van der Waals surface area contributed by atoms with Gasteiger partial charge in [-0.05, 0) is 10.8 Å². The summed E-state index contributed by atoms with van der Waals surface area (Å²) in [5.41, 5.74) is -0.415. The van der Waals surface area contributed by atoms with E-state index in [2.05, 4.69) is 0 Å². The minimum absolute atomic E-state index is 0.208. The maximum Gasteiger partial charge on any atom is 0.332 e. The van der Waals surface area contributed by atoms with E-state index >= 15 is 0 Å². The monoisotopic (exact) mass is 287 g/mol. The van der Waals surface area contributed by atoms with Crippen LogP contribution in [0.1, 0.15) is 55.4 Å². The first-order valence-corrected chi connectivity index (χ1v) is 6.94. The van der Waals surface area contributed by atoms with E-state index in [4.69, 9.17) is 9.68 Å². The fourth-order valence-electron chi connectivity index (χ4n) is 1.14. The van der Waals surface area contributed by atoms with Crippen molar-refractivity contribution in [2.24, 2.45) is 22.7 Å². The SMILES string of the molecule is C[C@H](C(=O)ON(C)OC(=O)[C@H](C)C(C)(C)C)C(C)(C)C. The molecule has 5 heteroatoms. The maximum atomic E-state index is 11.9. The van der Waals surface area contributed by atoms with Gasteiger partial charge in [0.1, 0.15) is 0 Å². The number of nitrogens with zero attached hydrogens (tertiary/aromatic N) is 1. The Morgan fingerprint density at radius 2 is 1.05 bits per heavy atom. The molecule has 0 spiro atoms. The van der Waals surface area contributed by atoms with Gasteiger partial charge in [0.15, 0.2) is 0 Å². The Labute approximate surface area is 122 Å². The molecule has 0 amide bonds. The van der Waals surface area contributed by atoms with Crippen molar-refractivity contribution in [3.05, 3.63) is 0 Å². The molecule has 0 aliphatic heterocycles. The summed E-state index contributed by atoms with van der Waals surface area (Å²) < 4.78 is 0. The molecule has 0 aliphatic carbocycles. The van der Waals surface area contributed by atoms with Gasteiger partial charge in [-0.25, -0.2) is 9.59 Å². The van der Waals surface area contributed by atoms with E-state index in [-0.39, 0.29) is 22.7 Å². The minimum Gasteiger partial charge on any atom is -0.333 e. The number of hydroxylamine groups is 2. The molecule has 0 aromatic carbocycles. The smallest absolute Gasteiger partial charge is 0.332 e. The largest absolute Gasteiger partial charge is 0.333 e. The molecule has 0 heterocycles. The van der Waals surface area contributed by atoms with Crippen molar-refractivity contribution in [3.8, 4) is 0 Å². The summed E-state index contributed by atoms with van der Waals surface area (Å²) >= 11 is 0. The molecular weight excluding hydrogens is 258 g/mol. The highest BCUT2D eigenvalue weighted by atomic mass is 17.0. The van der Waals surface area contributed by atoms with Crippen LogP contribution in [0, 0.1) is 22.7 Å². The molecule has 0 N–H and O–H groups in total. The topological polar surface area (TPSA) is 55.8 Å². The molecule has 20 heavy (non-hydrogen) atoms. The lowest BCUT2D eigenvalue weighted by atomic mass is 9.82. The molecule has 0 aromatic rings. The molecule has 0 saturated heterocycles. The summed E-state index contributed by atoms with van der Waals surface area (Å²) in [6.07, 6.45) is 0. The molecule has 0 radical (unpaired) electrons. The second-order valence-electron chi connectivity index (χ2n) is 7.44. The predicted molar refractivity (Wildman–Crippen MR) is 77.2 cm³/mol. The average molecular weight is 287 g/mol. The fourth-order valence-corrected chi connectivity index (χ4v) is 1.14.